The number of aromatic nitrogens is 3. The summed E-state index contributed by atoms with van der Waals surface area (Å²) < 4.78 is 15.6. The fourth-order valence-corrected chi connectivity index (χ4v) is 5.29. The Morgan fingerprint density at radius 1 is 1.26 bits per heavy atom. The predicted molar refractivity (Wildman–Crippen MR) is 126 cm³/mol. The summed E-state index contributed by atoms with van der Waals surface area (Å²) in [6.07, 6.45) is 1.39. The van der Waals surface area contributed by atoms with Gasteiger partial charge >= 0.3 is 0 Å². The minimum Gasteiger partial charge on any atom is -0.364 e. The number of primary amides is 1. The van der Waals surface area contributed by atoms with Crippen molar-refractivity contribution in [3.05, 3.63) is 57.8 Å². The third-order valence-corrected chi connectivity index (χ3v) is 7.02. The zero-order chi connectivity index (χ0) is 25.0. The van der Waals surface area contributed by atoms with Gasteiger partial charge in [-0.3, -0.25) is 24.0 Å². The highest BCUT2D eigenvalue weighted by Crippen LogP contribution is 2.48. The van der Waals surface area contributed by atoms with Crippen LogP contribution in [0.1, 0.15) is 40.3 Å². The first kappa shape index (κ1) is 23.2. The molecule has 3 aromatic rings. The van der Waals surface area contributed by atoms with Crippen LogP contribution in [0.15, 0.2) is 24.3 Å². The zero-order valence-electron chi connectivity index (χ0n) is 19.2. The first-order valence-corrected chi connectivity index (χ1v) is 11.7. The first-order chi connectivity index (χ1) is 16.7. The number of halogens is 2. The molecule has 3 N–H and O–H groups in total. The molecule has 9 nitrogen and oxygen atoms in total. The number of hydrogen-bond donors (Lipinski definition) is 2. The maximum absolute atomic E-state index is 14.2. The zero-order valence-corrected chi connectivity index (χ0v) is 20.0. The maximum atomic E-state index is 14.2. The molecule has 0 unspecified atom stereocenters. The van der Waals surface area contributed by atoms with Crippen molar-refractivity contribution in [3.8, 4) is 0 Å². The number of carbonyl (C=O) groups is 3. The number of hydrogen-bond acceptors (Lipinski definition) is 5. The summed E-state index contributed by atoms with van der Waals surface area (Å²) in [4.78, 5) is 44.4. The van der Waals surface area contributed by atoms with Crippen LogP contribution in [0.2, 0.25) is 5.02 Å². The van der Waals surface area contributed by atoms with E-state index >= 15 is 0 Å². The number of aryl methyl sites for hydroxylation is 2. The van der Waals surface area contributed by atoms with Gasteiger partial charge in [0.1, 0.15) is 18.4 Å². The molecular formula is C24H24ClFN6O3. The molecule has 3 amide bonds. The van der Waals surface area contributed by atoms with Crippen LogP contribution in [0.3, 0.4) is 0 Å². The highest BCUT2D eigenvalue weighted by Gasteiger charge is 2.56. The summed E-state index contributed by atoms with van der Waals surface area (Å²) in [7, 11) is 0. The number of nitrogens with zero attached hydrogens (tertiary/aromatic N) is 4. The van der Waals surface area contributed by atoms with Gasteiger partial charge in [0.15, 0.2) is 5.69 Å². The molecule has 2 aromatic heterocycles. The van der Waals surface area contributed by atoms with E-state index in [1.807, 2.05) is 0 Å². The molecule has 0 spiro atoms. The summed E-state index contributed by atoms with van der Waals surface area (Å²) in [5.41, 5.74) is 7.75. The Balaban J connectivity index is 1.36. The Morgan fingerprint density at radius 3 is 2.77 bits per heavy atom. The van der Waals surface area contributed by atoms with E-state index in [4.69, 9.17) is 17.3 Å². The Labute approximate surface area is 205 Å². The molecule has 1 aromatic carbocycles. The van der Waals surface area contributed by atoms with Gasteiger partial charge in [0.05, 0.1) is 16.2 Å². The average molecular weight is 499 g/mol. The number of nitrogens with two attached hydrogens (primary N) is 1. The number of likely N-dealkylation sites (tertiary alicyclic amines) is 1. The van der Waals surface area contributed by atoms with E-state index in [1.54, 1.807) is 36.9 Å². The Bertz CT molecular complexity index is 1390. The fraction of sp³-hybridized carbons (Fsp3) is 0.375. The monoisotopic (exact) mass is 498 g/mol. The molecule has 5 rings (SSSR count). The van der Waals surface area contributed by atoms with E-state index in [2.05, 4.69) is 15.4 Å². The molecular weight excluding hydrogens is 475 g/mol. The van der Waals surface area contributed by atoms with Gasteiger partial charge in [-0.1, -0.05) is 23.7 Å². The molecule has 3 heterocycles. The predicted octanol–water partition coefficient (Wildman–Crippen LogP) is 2.25. The summed E-state index contributed by atoms with van der Waals surface area (Å²) in [6.45, 7) is 3.39. The molecule has 1 aliphatic carbocycles. The lowest BCUT2D eigenvalue weighted by molar-refractivity contribution is -0.140. The van der Waals surface area contributed by atoms with Crippen LogP contribution in [-0.2, 0) is 22.7 Å². The van der Waals surface area contributed by atoms with E-state index in [0.717, 1.165) is 6.42 Å². The molecule has 182 valence electrons. The molecule has 11 heteroatoms. The van der Waals surface area contributed by atoms with Crippen molar-refractivity contribution in [2.24, 2.45) is 11.7 Å². The summed E-state index contributed by atoms with van der Waals surface area (Å²) in [6, 6.07) is 5.64. The van der Waals surface area contributed by atoms with Gasteiger partial charge in [-0.15, -0.1) is 0 Å². The molecule has 35 heavy (non-hydrogen) atoms. The van der Waals surface area contributed by atoms with Crippen LogP contribution >= 0.6 is 11.6 Å². The van der Waals surface area contributed by atoms with Gasteiger partial charge in [-0.05, 0) is 44.7 Å². The van der Waals surface area contributed by atoms with Gasteiger partial charge in [-0.25, -0.2) is 4.39 Å². The van der Waals surface area contributed by atoms with Crippen LogP contribution in [0.4, 0.5) is 4.39 Å². The van der Waals surface area contributed by atoms with E-state index in [9.17, 15) is 18.8 Å². The first-order valence-electron chi connectivity index (χ1n) is 11.3. The van der Waals surface area contributed by atoms with Crippen molar-refractivity contribution < 1.29 is 18.8 Å². The second kappa shape index (κ2) is 8.60. The minimum absolute atomic E-state index is 0.0138. The number of nitrogens with one attached hydrogen (secondary N) is 1. The SMILES string of the molecule is Cc1cc2c(C(N)=O)nn(CC(=O)N3[C@@H]4C[C@@H]4C[C@H]3C(=O)NCc3cccc(Cl)c3F)c2c(C)n1. The van der Waals surface area contributed by atoms with Crippen molar-refractivity contribution in [2.75, 3.05) is 0 Å². The molecule has 3 atom stereocenters. The number of piperidine rings is 1. The molecule has 2 fully saturated rings. The smallest absolute Gasteiger partial charge is 0.269 e. The summed E-state index contributed by atoms with van der Waals surface area (Å²) >= 11 is 5.82. The van der Waals surface area contributed by atoms with E-state index in [1.165, 1.54) is 10.7 Å². The number of pyridine rings is 1. The van der Waals surface area contributed by atoms with E-state index in [-0.39, 0.29) is 53.1 Å². The number of fused-ring (bicyclic) bond motifs is 2. The highest BCUT2D eigenvalue weighted by atomic mass is 35.5. The molecule has 1 saturated heterocycles. The van der Waals surface area contributed by atoms with Gasteiger partial charge in [-0.2, -0.15) is 5.10 Å². The largest absolute Gasteiger partial charge is 0.364 e. The van der Waals surface area contributed by atoms with Crippen LogP contribution in [-0.4, -0.2) is 49.5 Å². The van der Waals surface area contributed by atoms with Crippen LogP contribution < -0.4 is 11.1 Å². The van der Waals surface area contributed by atoms with Crippen molar-refractivity contribution in [3.63, 3.8) is 0 Å². The molecule has 1 saturated carbocycles. The third kappa shape index (κ3) is 4.12. The van der Waals surface area contributed by atoms with E-state index in [0.29, 0.717) is 28.7 Å². The van der Waals surface area contributed by atoms with Crippen LogP contribution in [0.25, 0.3) is 10.9 Å². The van der Waals surface area contributed by atoms with Crippen molar-refractivity contribution in [1.82, 2.24) is 25.0 Å². The lowest BCUT2D eigenvalue weighted by atomic mass is 10.1. The lowest BCUT2D eigenvalue weighted by Gasteiger charge is -2.27. The third-order valence-electron chi connectivity index (χ3n) is 6.73. The van der Waals surface area contributed by atoms with Gasteiger partial charge in [0, 0.05) is 29.2 Å². The van der Waals surface area contributed by atoms with Gasteiger partial charge in [0.2, 0.25) is 11.8 Å². The molecule has 0 bridgehead atoms. The summed E-state index contributed by atoms with van der Waals surface area (Å²) in [5.74, 6) is -1.64. The van der Waals surface area contributed by atoms with Gasteiger partial charge in [0.25, 0.3) is 5.91 Å². The van der Waals surface area contributed by atoms with E-state index < -0.39 is 17.8 Å². The molecule has 2 aliphatic rings. The number of rotatable bonds is 6. The Kier molecular flexibility index (Phi) is 5.71. The van der Waals surface area contributed by atoms with Crippen LogP contribution in [0.5, 0.6) is 0 Å². The standard InChI is InChI=1S/C24H24ClFN6O3/c1-11-6-15-21(23(27)34)30-31(22(15)12(2)29-11)10-19(33)32-17-7-14(17)8-18(32)24(35)28-9-13-4-3-5-16(25)20(13)26/h3-6,14,17-18H,7-10H2,1-2H3,(H2,27,34)(H,28,35)/t14-,17-,18+/m1/s1. The summed E-state index contributed by atoms with van der Waals surface area (Å²) in [5, 5.41) is 7.57. The number of benzene rings is 1. The topological polar surface area (TPSA) is 123 Å². The number of carbonyl (C=O) groups excluding carboxylic acids is 3. The fourth-order valence-electron chi connectivity index (χ4n) is 5.09. The molecule has 0 radical (unpaired) electrons. The highest BCUT2D eigenvalue weighted by molar-refractivity contribution is 6.30. The van der Waals surface area contributed by atoms with Crippen LogP contribution in [0, 0.1) is 25.6 Å². The maximum Gasteiger partial charge on any atom is 0.269 e. The quantitative estimate of drug-likeness (QED) is 0.539. The van der Waals surface area contributed by atoms with Crippen molar-refractivity contribution in [2.45, 2.75) is 51.9 Å². The van der Waals surface area contributed by atoms with Crippen molar-refractivity contribution in [1.29, 1.82) is 0 Å². The second-order valence-electron chi connectivity index (χ2n) is 9.16. The Hall–Kier alpha value is -3.53. The lowest BCUT2D eigenvalue weighted by Crippen LogP contribution is -2.48. The second-order valence-corrected chi connectivity index (χ2v) is 9.57. The Morgan fingerprint density at radius 2 is 2.03 bits per heavy atom. The van der Waals surface area contributed by atoms with Gasteiger partial charge < -0.3 is 16.0 Å². The average Bonchev–Trinajstić information content (AvgIpc) is 3.29. The van der Waals surface area contributed by atoms with Crippen molar-refractivity contribution >= 4 is 40.2 Å². The number of amides is 3. The molecule has 1 aliphatic heterocycles. The minimum atomic E-state index is -0.694. The normalized spacial score (nSPS) is 20.7.